The van der Waals surface area contributed by atoms with Crippen molar-refractivity contribution in [3.05, 3.63) is 66.4 Å². The number of aliphatic carboxylic acids is 1. The minimum absolute atomic E-state index is 0.0798. The van der Waals surface area contributed by atoms with Crippen LogP contribution in [0.25, 0.3) is 28.0 Å². The summed E-state index contributed by atoms with van der Waals surface area (Å²) < 4.78 is 18.1. The maximum Gasteiger partial charge on any atom is 0.306 e. The Morgan fingerprint density at radius 3 is 2.61 bits per heavy atom. The van der Waals surface area contributed by atoms with E-state index < -0.39 is 11.9 Å². The summed E-state index contributed by atoms with van der Waals surface area (Å²) in [5.41, 5.74) is 2.40. The third-order valence-electron chi connectivity index (χ3n) is 4.70. The van der Waals surface area contributed by atoms with Crippen LogP contribution in [0.4, 0.5) is 0 Å². The fraction of sp³-hybridized carbons (Fsp3) is 0.174. The molecule has 0 aliphatic carbocycles. The first-order valence-electron chi connectivity index (χ1n) is 9.64. The van der Waals surface area contributed by atoms with Crippen LogP contribution in [0.1, 0.15) is 18.6 Å². The molecule has 8 nitrogen and oxygen atoms in total. The van der Waals surface area contributed by atoms with Crippen LogP contribution in [0, 0.1) is 0 Å². The third-order valence-corrected chi connectivity index (χ3v) is 4.70. The van der Waals surface area contributed by atoms with Crippen LogP contribution >= 0.6 is 0 Å². The molecule has 0 aliphatic heterocycles. The first-order valence-corrected chi connectivity index (χ1v) is 9.64. The first kappa shape index (κ1) is 20.2. The van der Waals surface area contributed by atoms with Crippen molar-refractivity contribution in [1.82, 2.24) is 9.78 Å². The van der Waals surface area contributed by atoms with Gasteiger partial charge in [0, 0.05) is 11.5 Å². The van der Waals surface area contributed by atoms with Gasteiger partial charge in [-0.3, -0.25) is 9.59 Å². The fourth-order valence-corrected chi connectivity index (χ4v) is 3.19. The van der Waals surface area contributed by atoms with Gasteiger partial charge in [0.25, 0.3) is 0 Å². The van der Waals surface area contributed by atoms with Crippen molar-refractivity contribution in [3.8, 4) is 22.9 Å². The van der Waals surface area contributed by atoms with E-state index in [1.165, 1.54) is 0 Å². The Kier molecular flexibility index (Phi) is 5.70. The number of carboxylic acid groups (broad SMARTS) is 1. The highest BCUT2D eigenvalue weighted by Gasteiger charge is 2.18. The van der Waals surface area contributed by atoms with E-state index >= 15 is 0 Å². The maximum absolute atomic E-state index is 11.6. The van der Waals surface area contributed by atoms with Crippen LogP contribution in [0.15, 0.2) is 65.1 Å². The zero-order valence-corrected chi connectivity index (χ0v) is 16.8. The summed E-state index contributed by atoms with van der Waals surface area (Å²) in [4.78, 5) is 22.2. The molecule has 4 rings (SSSR count). The summed E-state index contributed by atoms with van der Waals surface area (Å²) in [6.45, 7) is -0.0798. The van der Waals surface area contributed by atoms with E-state index in [0.29, 0.717) is 23.0 Å². The Labute approximate surface area is 177 Å². The lowest BCUT2D eigenvalue weighted by Crippen LogP contribution is -2.07. The predicted molar refractivity (Wildman–Crippen MR) is 112 cm³/mol. The number of hydrogen-bond donors (Lipinski definition) is 1. The number of methoxy groups -OCH3 is 1. The van der Waals surface area contributed by atoms with Gasteiger partial charge in [0.15, 0.2) is 5.76 Å². The van der Waals surface area contributed by atoms with Crippen molar-refractivity contribution in [1.29, 1.82) is 0 Å². The van der Waals surface area contributed by atoms with Crippen LogP contribution in [0.3, 0.4) is 0 Å². The SMILES string of the molecule is COc1ccc2c(-c3ccc(COC(=O)CCC(=O)O)o3)nn(-c3ccccc3)c2c1. The Hall–Kier alpha value is -4.07. The standard InChI is InChI=1S/C23H20N2O6/c1-29-16-7-9-18-19(13-16)25(15-5-3-2-4-6-15)24-23(18)20-10-8-17(31-20)14-30-22(28)12-11-21(26)27/h2-10,13H,11-12,14H2,1H3,(H,26,27). The van der Waals surface area contributed by atoms with Crippen LogP contribution in [-0.4, -0.2) is 33.9 Å². The van der Waals surface area contributed by atoms with Gasteiger partial charge in [-0.05, 0) is 36.4 Å². The summed E-state index contributed by atoms with van der Waals surface area (Å²) >= 11 is 0. The van der Waals surface area contributed by atoms with Gasteiger partial charge in [-0.2, -0.15) is 5.10 Å². The van der Waals surface area contributed by atoms with Gasteiger partial charge in [-0.1, -0.05) is 18.2 Å². The molecule has 2 heterocycles. The third kappa shape index (κ3) is 4.42. The van der Waals surface area contributed by atoms with E-state index in [0.717, 1.165) is 16.6 Å². The Morgan fingerprint density at radius 1 is 1.06 bits per heavy atom. The van der Waals surface area contributed by atoms with E-state index in [2.05, 4.69) is 0 Å². The number of esters is 1. The molecule has 8 heteroatoms. The van der Waals surface area contributed by atoms with Crippen molar-refractivity contribution < 1.29 is 28.6 Å². The van der Waals surface area contributed by atoms with Gasteiger partial charge in [0.2, 0.25) is 0 Å². The molecule has 0 saturated carbocycles. The minimum atomic E-state index is -1.05. The lowest BCUT2D eigenvalue weighted by atomic mass is 10.1. The molecule has 0 spiro atoms. The monoisotopic (exact) mass is 420 g/mol. The van der Waals surface area contributed by atoms with E-state index in [1.54, 1.807) is 19.2 Å². The second-order valence-electron chi connectivity index (χ2n) is 6.80. The molecule has 4 aromatic rings. The summed E-state index contributed by atoms with van der Waals surface area (Å²) in [5, 5.41) is 14.3. The Bertz CT molecular complexity index is 1230. The number of carbonyl (C=O) groups is 2. The van der Waals surface area contributed by atoms with Crippen molar-refractivity contribution in [2.75, 3.05) is 7.11 Å². The lowest BCUT2D eigenvalue weighted by Gasteiger charge is -2.04. The topological polar surface area (TPSA) is 104 Å². The highest BCUT2D eigenvalue weighted by Crippen LogP contribution is 2.33. The van der Waals surface area contributed by atoms with Gasteiger partial charge in [0.05, 0.1) is 31.2 Å². The zero-order valence-electron chi connectivity index (χ0n) is 16.8. The van der Waals surface area contributed by atoms with Crippen LogP contribution < -0.4 is 4.74 Å². The lowest BCUT2D eigenvalue weighted by molar-refractivity contribution is -0.149. The molecule has 0 aliphatic rings. The van der Waals surface area contributed by atoms with Crippen molar-refractivity contribution in [2.45, 2.75) is 19.4 Å². The smallest absolute Gasteiger partial charge is 0.306 e. The maximum atomic E-state index is 11.6. The van der Waals surface area contributed by atoms with Crippen LogP contribution in [0.2, 0.25) is 0 Å². The van der Waals surface area contributed by atoms with Crippen molar-refractivity contribution >= 4 is 22.8 Å². The molecule has 31 heavy (non-hydrogen) atoms. The highest BCUT2D eigenvalue weighted by molar-refractivity contribution is 5.94. The molecular weight excluding hydrogens is 400 g/mol. The normalized spacial score (nSPS) is 10.9. The second kappa shape index (κ2) is 8.74. The number of hydrogen-bond acceptors (Lipinski definition) is 6. The molecule has 158 valence electrons. The Morgan fingerprint density at radius 2 is 1.87 bits per heavy atom. The number of para-hydroxylation sites is 1. The molecule has 0 fully saturated rings. The summed E-state index contributed by atoms with van der Waals surface area (Å²) in [6, 6.07) is 18.9. The molecule has 0 radical (unpaired) electrons. The summed E-state index contributed by atoms with van der Waals surface area (Å²) in [6.07, 6.45) is -0.453. The number of carboxylic acids is 1. The fourth-order valence-electron chi connectivity index (χ4n) is 3.19. The molecule has 0 bridgehead atoms. The van der Waals surface area contributed by atoms with E-state index in [9.17, 15) is 9.59 Å². The minimum Gasteiger partial charge on any atom is -0.497 e. The van der Waals surface area contributed by atoms with Gasteiger partial charge >= 0.3 is 11.9 Å². The quantitative estimate of drug-likeness (QED) is 0.426. The average molecular weight is 420 g/mol. The van der Waals surface area contributed by atoms with Crippen LogP contribution in [-0.2, 0) is 20.9 Å². The van der Waals surface area contributed by atoms with E-state index in [4.69, 9.17) is 24.1 Å². The van der Waals surface area contributed by atoms with Gasteiger partial charge < -0.3 is 19.0 Å². The van der Waals surface area contributed by atoms with E-state index in [1.807, 2.05) is 53.2 Å². The number of benzene rings is 2. The molecule has 0 saturated heterocycles. The zero-order chi connectivity index (χ0) is 21.8. The van der Waals surface area contributed by atoms with Crippen LogP contribution in [0.5, 0.6) is 5.75 Å². The summed E-state index contributed by atoms with van der Waals surface area (Å²) in [5.74, 6) is 0.0431. The van der Waals surface area contributed by atoms with Gasteiger partial charge in [-0.25, -0.2) is 4.68 Å². The largest absolute Gasteiger partial charge is 0.497 e. The first-order chi connectivity index (χ1) is 15.0. The Balaban J connectivity index is 1.63. The predicted octanol–water partition coefficient (Wildman–Crippen LogP) is 4.20. The van der Waals surface area contributed by atoms with Crippen molar-refractivity contribution in [2.24, 2.45) is 0 Å². The summed E-state index contributed by atoms with van der Waals surface area (Å²) in [7, 11) is 1.61. The average Bonchev–Trinajstić information content (AvgIpc) is 3.41. The molecule has 0 unspecified atom stereocenters. The second-order valence-corrected chi connectivity index (χ2v) is 6.80. The van der Waals surface area contributed by atoms with Gasteiger partial charge in [0.1, 0.15) is 23.8 Å². The number of aromatic nitrogens is 2. The molecule has 2 aromatic carbocycles. The molecule has 0 amide bonds. The van der Waals surface area contributed by atoms with Crippen molar-refractivity contribution in [3.63, 3.8) is 0 Å². The molecule has 2 aromatic heterocycles. The van der Waals surface area contributed by atoms with E-state index in [-0.39, 0.29) is 19.4 Å². The number of carbonyl (C=O) groups excluding carboxylic acids is 1. The number of furan rings is 1. The number of ether oxygens (including phenoxy) is 2. The molecule has 1 N–H and O–H groups in total. The molecular formula is C23H20N2O6. The number of fused-ring (bicyclic) bond motifs is 1. The van der Waals surface area contributed by atoms with Gasteiger partial charge in [-0.15, -0.1) is 0 Å². The number of nitrogens with zero attached hydrogens (tertiary/aromatic N) is 2. The number of rotatable bonds is 8. The molecule has 0 atom stereocenters. The highest BCUT2D eigenvalue weighted by atomic mass is 16.5.